The first-order valence-electron chi connectivity index (χ1n) is 10.9. The molecule has 0 aliphatic carbocycles. The van der Waals surface area contributed by atoms with E-state index in [9.17, 15) is 9.59 Å². The van der Waals surface area contributed by atoms with Crippen molar-refractivity contribution in [2.75, 3.05) is 25.6 Å². The van der Waals surface area contributed by atoms with Gasteiger partial charge in [0.25, 0.3) is 0 Å². The number of thioether (sulfide) groups is 1. The standard InChI is InChI=1S/C24H26N2O5S2/c1-2-29-23(28)15-26-18-13-19-20(31-11-10-30-19)14-21(18)33-24(26)25-22(27)9-6-12-32-16-17-7-4-3-5-8-17/h3-5,7-8,13-14H,2,6,9-12,15-16H2,1H3. The van der Waals surface area contributed by atoms with E-state index in [0.29, 0.717) is 42.5 Å². The minimum atomic E-state index is -0.377. The number of hydrogen-bond donors (Lipinski definition) is 0. The zero-order chi connectivity index (χ0) is 23.0. The van der Waals surface area contributed by atoms with E-state index in [2.05, 4.69) is 17.1 Å². The fourth-order valence-corrected chi connectivity index (χ4v) is 5.41. The van der Waals surface area contributed by atoms with Gasteiger partial charge in [-0.25, -0.2) is 0 Å². The summed E-state index contributed by atoms with van der Waals surface area (Å²) in [6, 6.07) is 14.0. The van der Waals surface area contributed by atoms with Crippen LogP contribution >= 0.6 is 23.1 Å². The molecule has 3 aromatic rings. The molecule has 1 aliphatic heterocycles. The number of benzene rings is 2. The summed E-state index contributed by atoms with van der Waals surface area (Å²) in [7, 11) is 0. The van der Waals surface area contributed by atoms with Crippen LogP contribution in [0.25, 0.3) is 10.2 Å². The van der Waals surface area contributed by atoms with Crippen molar-refractivity contribution in [3.05, 3.63) is 52.8 Å². The first-order valence-corrected chi connectivity index (χ1v) is 12.9. The highest BCUT2D eigenvalue weighted by Gasteiger charge is 2.18. The predicted octanol–water partition coefficient (Wildman–Crippen LogP) is 4.18. The molecule has 0 fully saturated rings. The number of thiazole rings is 1. The molecule has 1 aromatic heterocycles. The molecule has 0 spiro atoms. The maximum absolute atomic E-state index is 12.6. The van der Waals surface area contributed by atoms with Crippen LogP contribution in [-0.4, -0.2) is 42.0 Å². The van der Waals surface area contributed by atoms with Crippen LogP contribution in [0.15, 0.2) is 47.5 Å². The summed E-state index contributed by atoms with van der Waals surface area (Å²) in [6.07, 6.45) is 1.11. The van der Waals surface area contributed by atoms with Crippen molar-refractivity contribution in [3.63, 3.8) is 0 Å². The van der Waals surface area contributed by atoms with Gasteiger partial charge in [0.1, 0.15) is 19.8 Å². The van der Waals surface area contributed by atoms with Crippen LogP contribution in [0.4, 0.5) is 0 Å². The second-order valence-corrected chi connectivity index (χ2v) is 9.50. The summed E-state index contributed by atoms with van der Waals surface area (Å²) >= 11 is 3.16. The van der Waals surface area contributed by atoms with Gasteiger partial charge in [-0.1, -0.05) is 41.7 Å². The second kappa shape index (κ2) is 11.4. The Bertz CT molecular complexity index is 1190. The van der Waals surface area contributed by atoms with Crippen LogP contribution in [0.3, 0.4) is 0 Å². The van der Waals surface area contributed by atoms with Crippen LogP contribution < -0.4 is 14.3 Å². The molecular formula is C24H26N2O5S2. The number of hydrogen-bond acceptors (Lipinski definition) is 7. The average Bonchev–Trinajstić information content (AvgIpc) is 3.13. The first-order chi connectivity index (χ1) is 16.1. The number of esters is 1. The SMILES string of the molecule is CCOC(=O)Cn1c(=NC(=O)CCCSCc2ccccc2)sc2cc3c(cc21)OCCO3. The van der Waals surface area contributed by atoms with Crippen molar-refractivity contribution in [1.29, 1.82) is 0 Å². The molecule has 33 heavy (non-hydrogen) atoms. The topological polar surface area (TPSA) is 79.1 Å². The highest BCUT2D eigenvalue weighted by atomic mass is 32.2. The van der Waals surface area contributed by atoms with Gasteiger partial charge in [0.05, 0.1) is 16.8 Å². The van der Waals surface area contributed by atoms with Crippen molar-refractivity contribution < 1.29 is 23.8 Å². The lowest BCUT2D eigenvalue weighted by Gasteiger charge is -2.18. The van der Waals surface area contributed by atoms with E-state index < -0.39 is 0 Å². The minimum absolute atomic E-state index is 0.0213. The Labute approximate surface area is 200 Å². The Morgan fingerprint density at radius 1 is 1.15 bits per heavy atom. The molecule has 0 saturated carbocycles. The summed E-state index contributed by atoms with van der Waals surface area (Å²) < 4.78 is 19.1. The van der Waals surface area contributed by atoms with Gasteiger partial charge in [-0.2, -0.15) is 16.8 Å². The molecule has 2 heterocycles. The third kappa shape index (κ3) is 6.17. The predicted molar refractivity (Wildman–Crippen MR) is 130 cm³/mol. The molecule has 0 radical (unpaired) electrons. The minimum Gasteiger partial charge on any atom is -0.486 e. The van der Waals surface area contributed by atoms with Crippen molar-refractivity contribution in [2.45, 2.75) is 32.1 Å². The smallest absolute Gasteiger partial charge is 0.326 e. The molecule has 4 rings (SSSR count). The highest BCUT2D eigenvalue weighted by molar-refractivity contribution is 7.98. The van der Waals surface area contributed by atoms with E-state index in [1.807, 2.05) is 30.3 Å². The molecule has 0 saturated heterocycles. The largest absolute Gasteiger partial charge is 0.486 e. The number of aromatic nitrogens is 1. The zero-order valence-corrected chi connectivity index (χ0v) is 20.1. The third-order valence-electron chi connectivity index (χ3n) is 4.95. The average molecular weight is 487 g/mol. The monoisotopic (exact) mass is 486 g/mol. The molecule has 1 aliphatic rings. The molecule has 0 unspecified atom stereocenters. The van der Waals surface area contributed by atoms with Crippen molar-refractivity contribution in [3.8, 4) is 11.5 Å². The molecular weight excluding hydrogens is 460 g/mol. The van der Waals surface area contributed by atoms with Crippen LogP contribution in [0, 0.1) is 0 Å². The van der Waals surface area contributed by atoms with Gasteiger partial charge < -0.3 is 18.8 Å². The Balaban J connectivity index is 1.48. The molecule has 0 atom stereocenters. The molecule has 2 aromatic carbocycles. The number of amides is 1. The van der Waals surface area contributed by atoms with E-state index in [0.717, 1.165) is 28.1 Å². The second-order valence-electron chi connectivity index (χ2n) is 7.39. The maximum atomic E-state index is 12.6. The lowest BCUT2D eigenvalue weighted by Crippen LogP contribution is -2.23. The molecule has 0 N–H and O–H groups in total. The van der Waals surface area contributed by atoms with Crippen LogP contribution in [0.5, 0.6) is 11.5 Å². The zero-order valence-electron chi connectivity index (χ0n) is 18.5. The van der Waals surface area contributed by atoms with Gasteiger partial charge in [-0.05, 0) is 24.7 Å². The summed E-state index contributed by atoms with van der Waals surface area (Å²) in [5.74, 6) is 2.52. The van der Waals surface area contributed by atoms with E-state index >= 15 is 0 Å². The van der Waals surface area contributed by atoms with Crippen molar-refractivity contribution >= 4 is 45.2 Å². The van der Waals surface area contributed by atoms with Crippen LogP contribution in [0.2, 0.25) is 0 Å². The normalized spacial score (nSPS) is 13.3. The number of carbonyl (C=O) groups excluding carboxylic acids is 2. The molecule has 0 bridgehead atoms. The van der Waals surface area contributed by atoms with E-state index in [1.54, 1.807) is 23.3 Å². The molecule has 9 heteroatoms. The van der Waals surface area contributed by atoms with E-state index in [4.69, 9.17) is 14.2 Å². The fourth-order valence-electron chi connectivity index (χ4n) is 3.43. The Morgan fingerprint density at radius 3 is 2.67 bits per heavy atom. The van der Waals surface area contributed by atoms with Gasteiger partial charge in [0.2, 0.25) is 5.91 Å². The van der Waals surface area contributed by atoms with Gasteiger partial charge >= 0.3 is 5.97 Å². The number of carbonyl (C=O) groups is 2. The summed E-state index contributed by atoms with van der Waals surface area (Å²) in [5.41, 5.74) is 2.04. The third-order valence-corrected chi connectivity index (χ3v) is 7.11. The van der Waals surface area contributed by atoms with Gasteiger partial charge in [-0.3, -0.25) is 9.59 Å². The summed E-state index contributed by atoms with van der Waals surface area (Å²) in [5, 5.41) is 0. The Hall–Kier alpha value is -2.78. The van der Waals surface area contributed by atoms with Gasteiger partial charge in [0, 0.05) is 24.3 Å². The highest BCUT2D eigenvalue weighted by Crippen LogP contribution is 2.35. The summed E-state index contributed by atoms with van der Waals surface area (Å²) in [4.78, 5) is 29.6. The molecule has 174 valence electrons. The van der Waals surface area contributed by atoms with E-state index in [-0.39, 0.29) is 18.4 Å². The van der Waals surface area contributed by atoms with Gasteiger partial charge in [-0.15, -0.1) is 0 Å². The lowest BCUT2D eigenvalue weighted by atomic mass is 10.2. The van der Waals surface area contributed by atoms with Crippen LogP contribution in [0.1, 0.15) is 25.3 Å². The molecule has 1 amide bonds. The molecule has 7 nitrogen and oxygen atoms in total. The number of fused-ring (bicyclic) bond motifs is 2. The number of ether oxygens (including phenoxy) is 3. The van der Waals surface area contributed by atoms with Crippen molar-refractivity contribution in [2.24, 2.45) is 4.99 Å². The summed E-state index contributed by atoms with van der Waals surface area (Å²) in [6.45, 7) is 3.00. The van der Waals surface area contributed by atoms with E-state index in [1.165, 1.54) is 16.9 Å². The van der Waals surface area contributed by atoms with Gasteiger partial charge in [0.15, 0.2) is 16.3 Å². The first kappa shape index (κ1) is 23.4. The maximum Gasteiger partial charge on any atom is 0.326 e. The number of nitrogens with zero attached hydrogens (tertiary/aromatic N) is 2. The fraction of sp³-hybridized carbons (Fsp3) is 0.375. The Kier molecular flexibility index (Phi) is 8.06. The van der Waals surface area contributed by atoms with Crippen LogP contribution in [-0.2, 0) is 26.6 Å². The Morgan fingerprint density at radius 2 is 1.91 bits per heavy atom. The van der Waals surface area contributed by atoms with Crippen molar-refractivity contribution in [1.82, 2.24) is 4.57 Å². The quantitative estimate of drug-likeness (QED) is 0.334. The lowest BCUT2D eigenvalue weighted by molar-refractivity contribution is -0.143. The number of rotatable bonds is 9.